The number of amides is 1. The molecule has 26 heavy (non-hydrogen) atoms. The predicted molar refractivity (Wildman–Crippen MR) is 101 cm³/mol. The standard InChI is InChI=1S/C20H28N4O2/c1-16-8-11-24(12-9-16)20(25)15-26-19-6-4-3-5-17(19)13-23(2)14-18-7-10-21-22-18/h3-7,10,16H,8-9,11-15H2,1-2H3,(H,21,22). The molecule has 1 aliphatic rings. The number of ether oxygens (including phenoxy) is 1. The van der Waals surface area contributed by atoms with E-state index in [2.05, 4.69) is 29.1 Å². The van der Waals surface area contributed by atoms with Gasteiger partial charge in [-0.3, -0.25) is 14.8 Å². The summed E-state index contributed by atoms with van der Waals surface area (Å²) >= 11 is 0. The predicted octanol–water partition coefficient (Wildman–Crippen LogP) is 2.68. The van der Waals surface area contributed by atoms with Crippen molar-refractivity contribution in [2.75, 3.05) is 26.7 Å². The van der Waals surface area contributed by atoms with E-state index in [1.165, 1.54) is 0 Å². The molecule has 0 saturated carbocycles. The van der Waals surface area contributed by atoms with Crippen molar-refractivity contribution < 1.29 is 9.53 Å². The number of hydrogen-bond donors (Lipinski definition) is 1. The average Bonchev–Trinajstić information content (AvgIpc) is 3.14. The largest absolute Gasteiger partial charge is 0.483 e. The van der Waals surface area contributed by atoms with Crippen molar-refractivity contribution in [2.45, 2.75) is 32.9 Å². The molecule has 1 aliphatic heterocycles. The second-order valence-corrected chi connectivity index (χ2v) is 7.21. The van der Waals surface area contributed by atoms with Crippen LogP contribution in [0.5, 0.6) is 5.75 Å². The van der Waals surface area contributed by atoms with E-state index in [1.54, 1.807) is 6.20 Å². The summed E-state index contributed by atoms with van der Waals surface area (Å²) in [5, 5.41) is 6.95. The summed E-state index contributed by atoms with van der Waals surface area (Å²) in [5.41, 5.74) is 2.15. The quantitative estimate of drug-likeness (QED) is 0.829. The second kappa shape index (κ2) is 8.85. The van der Waals surface area contributed by atoms with E-state index < -0.39 is 0 Å². The van der Waals surface area contributed by atoms with Crippen LogP contribution in [-0.4, -0.2) is 52.6 Å². The molecular formula is C20H28N4O2. The van der Waals surface area contributed by atoms with Gasteiger partial charge in [0.2, 0.25) is 0 Å². The van der Waals surface area contributed by atoms with E-state index in [4.69, 9.17) is 4.74 Å². The van der Waals surface area contributed by atoms with Gasteiger partial charge in [-0.25, -0.2) is 0 Å². The van der Waals surface area contributed by atoms with E-state index in [-0.39, 0.29) is 12.5 Å². The highest BCUT2D eigenvalue weighted by Crippen LogP contribution is 2.21. The number of carbonyl (C=O) groups is 1. The maximum absolute atomic E-state index is 12.4. The van der Waals surface area contributed by atoms with E-state index in [9.17, 15) is 4.79 Å². The zero-order chi connectivity index (χ0) is 18.4. The van der Waals surface area contributed by atoms with Gasteiger partial charge in [0.25, 0.3) is 5.91 Å². The Labute approximate surface area is 155 Å². The number of aromatic nitrogens is 2. The summed E-state index contributed by atoms with van der Waals surface area (Å²) in [4.78, 5) is 16.5. The fourth-order valence-electron chi connectivity index (χ4n) is 3.27. The molecule has 1 saturated heterocycles. The first kappa shape index (κ1) is 18.5. The number of para-hydroxylation sites is 1. The van der Waals surface area contributed by atoms with Crippen LogP contribution in [0.1, 0.15) is 31.0 Å². The number of nitrogens with one attached hydrogen (secondary N) is 1. The fourth-order valence-corrected chi connectivity index (χ4v) is 3.27. The van der Waals surface area contributed by atoms with Crippen molar-refractivity contribution in [2.24, 2.45) is 5.92 Å². The van der Waals surface area contributed by atoms with Crippen molar-refractivity contribution in [1.82, 2.24) is 20.0 Å². The lowest BCUT2D eigenvalue weighted by Crippen LogP contribution is -2.40. The van der Waals surface area contributed by atoms with Crippen LogP contribution >= 0.6 is 0 Å². The first-order valence-corrected chi connectivity index (χ1v) is 9.27. The highest BCUT2D eigenvalue weighted by atomic mass is 16.5. The topological polar surface area (TPSA) is 61.5 Å². The molecule has 0 aliphatic carbocycles. The number of nitrogens with zero attached hydrogens (tertiary/aromatic N) is 3. The Balaban J connectivity index is 1.54. The van der Waals surface area contributed by atoms with Crippen LogP contribution in [0.3, 0.4) is 0 Å². The first-order valence-electron chi connectivity index (χ1n) is 9.27. The van der Waals surface area contributed by atoms with Crippen LogP contribution in [0.2, 0.25) is 0 Å². The number of hydrogen-bond acceptors (Lipinski definition) is 4. The lowest BCUT2D eigenvalue weighted by atomic mass is 9.99. The Morgan fingerprint density at radius 1 is 1.27 bits per heavy atom. The summed E-state index contributed by atoms with van der Waals surface area (Å²) in [6.45, 7) is 5.56. The molecule has 2 heterocycles. The summed E-state index contributed by atoms with van der Waals surface area (Å²) in [5.74, 6) is 1.58. The highest BCUT2D eigenvalue weighted by Gasteiger charge is 2.20. The van der Waals surface area contributed by atoms with Gasteiger partial charge in [-0.1, -0.05) is 25.1 Å². The Bertz CT molecular complexity index is 694. The van der Waals surface area contributed by atoms with E-state index in [0.717, 1.165) is 56.0 Å². The number of H-pyrrole nitrogens is 1. The Kier molecular flexibility index (Phi) is 6.28. The molecule has 1 amide bonds. The molecule has 140 valence electrons. The molecule has 1 N–H and O–H groups in total. The van der Waals surface area contributed by atoms with Crippen molar-refractivity contribution in [3.8, 4) is 5.75 Å². The number of rotatable bonds is 7. The van der Waals surface area contributed by atoms with Gasteiger partial charge in [0.1, 0.15) is 5.75 Å². The highest BCUT2D eigenvalue weighted by molar-refractivity contribution is 5.77. The van der Waals surface area contributed by atoms with Gasteiger partial charge in [0.15, 0.2) is 6.61 Å². The molecular weight excluding hydrogens is 328 g/mol. The SMILES string of the molecule is CC1CCN(C(=O)COc2ccccc2CN(C)Cc2ccn[nH]2)CC1. The fraction of sp³-hybridized carbons (Fsp3) is 0.500. The zero-order valence-electron chi connectivity index (χ0n) is 15.6. The number of piperidine rings is 1. The van der Waals surface area contributed by atoms with Gasteiger partial charge < -0.3 is 9.64 Å². The molecule has 6 heteroatoms. The summed E-state index contributed by atoms with van der Waals surface area (Å²) in [7, 11) is 2.05. The van der Waals surface area contributed by atoms with E-state index >= 15 is 0 Å². The van der Waals surface area contributed by atoms with Crippen LogP contribution in [0.25, 0.3) is 0 Å². The molecule has 1 aromatic heterocycles. The Morgan fingerprint density at radius 3 is 2.77 bits per heavy atom. The van der Waals surface area contributed by atoms with Gasteiger partial charge in [0, 0.05) is 43.6 Å². The van der Waals surface area contributed by atoms with E-state index in [0.29, 0.717) is 5.92 Å². The normalized spacial score (nSPS) is 15.4. The zero-order valence-corrected chi connectivity index (χ0v) is 15.6. The van der Waals surface area contributed by atoms with Crippen molar-refractivity contribution in [1.29, 1.82) is 0 Å². The molecule has 3 rings (SSSR count). The number of benzene rings is 1. The Hall–Kier alpha value is -2.34. The Morgan fingerprint density at radius 2 is 2.04 bits per heavy atom. The lowest BCUT2D eigenvalue weighted by molar-refractivity contribution is -0.134. The average molecular weight is 356 g/mol. The minimum Gasteiger partial charge on any atom is -0.483 e. The van der Waals surface area contributed by atoms with Crippen LogP contribution in [-0.2, 0) is 17.9 Å². The second-order valence-electron chi connectivity index (χ2n) is 7.21. The van der Waals surface area contributed by atoms with Crippen LogP contribution in [0.15, 0.2) is 36.5 Å². The third kappa shape index (κ3) is 5.08. The van der Waals surface area contributed by atoms with Gasteiger partial charge in [0.05, 0.1) is 0 Å². The van der Waals surface area contributed by atoms with Gasteiger partial charge in [-0.05, 0) is 37.9 Å². The van der Waals surface area contributed by atoms with Gasteiger partial charge in [-0.15, -0.1) is 0 Å². The number of carbonyl (C=O) groups excluding carboxylic acids is 1. The molecule has 1 fully saturated rings. The molecule has 0 atom stereocenters. The van der Waals surface area contributed by atoms with Gasteiger partial charge >= 0.3 is 0 Å². The number of aromatic amines is 1. The van der Waals surface area contributed by atoms with Crippen molar-refractivity contribution >= 4 is 5.91 Å². The third-order valence-corrected chi connectivity index (χ3v) is 4.90. The summed E-state index contributed by atoms with van der Waals surface area (Å²) < 4.78 is 5.88. The monoisotopic (exact) mass is 356 g/mol. The smallest absolute Gasteiger partial charge is 0.260 e. The molecule has 0 unspecified atom stereocenters. The lowest BCUT2D eigenvalue weighted by Gasteiger charge is -2.30. The minimum absolute atomic E-state index is 0.0810. The van der Waals surface area contributed by atoms with Crippen LogP contribution in [0.4, 0.5) is 0 Å². The maximum Gasteiger partial charge on any atom is 0.260 e. The van der Waals surface area contributed by atoms with Crippen LogP contribution in [0, 0.1) is 5.92 Å². The molecule has 2 aromatic rings. The first-order chi connectivity index (χ1) is 12.6. The van der Waals surface area contributed by atoms with Crippen molar-refractivity contribution in [3.63, 3.8) is 0 Å². The minimum atomic E-state index is 0.0810. The maximum atomic E-state index is 12.4. The van der Waals surface area contributed by atoms with Gasteiger partial charge in [-0.2, -0.15) is 5.10 Å². The molecule has 0 bridgehead atoms. The molecule has 6 nitrogen and oxygen atoms in total. The summed E-state index contributed by atoms with van der Waals surface area (Å²) in [6.07, 6.45) is 3.93. The van der Waals surface area contributed by atoms with E-state index in [1.807, 2.05) is 35.2 Å². The third-order valence-electron chi connectivity index (χ3n) is 4.90. The number of likely N-dealkylation sites (tertiary alicyclic amines) is 1. The molecule has 0 radical (unpaired) electrons. The molecule has 1 aromatic carbocycles. The summed E-state index contributed by atoms with van der Waals surface area (Å²) in [6, 6.07) is 9.90. The van der Waals surface area contributed by atoms with Crippen LogP contribution < -0.4 is 4.74 Å². The molecule has 0 spiro atoms. The van der Waals surface area contributed by atoms with Crippen molar-refractivity contribution in [3.05, 3.63) is 47.8 Å².